The number of amides is 1. The number of esters is 1. The van der Waals surface area contributed by atoms with Gasteiger partial charge in [-0.1, -0.05) is 52.8 Å². The quantitative estimate of drug-likeness (QED) is 0.248. The highest BCUT2D eigenvalue weighted by molar-refractivity contribution is 7.17. The SMILES string of the molecule is COC(=O)c1sc(N2C(=O)C(=O)C(=C(O)c3ccc(Cl)cc3)[C@@H]2c2ccc(C)cc2)nc1C. The molecule has 0 bridgehead atoms. The standard InChI is InChI=1S/C24H19ClN2O5S/c1-12-4-6-14(7-5-12)18-17(19(28)15-8-10-16(25)11-9-15)20(29)22(30)27(18)24-26-13(2)21(33-24)23(31)32-3/h4-11,18,28H,1-3H3/t18-/m0/s1. The number of Topliss-reactive ketones (excluding diaryl/α,β-unsaturated/α-hetero) is 1. The number of methoxy groups -OCH3 is 1. The van der Waals surface area contributed by atoms with Gasteiger partial charge in [-0.15, -0.1) is 0 Å². The highest BCUT2D eigenvalue weighted by Crippen LogP contribution is 2.44. The topological polar surface area (TPSA) is 96.8 Å². The fraction of sp³-hybridized carbons (Fsp3) is 0.167. The summed E-state index contributed by atoms with van der Waals surface area (Å²) in [5.41, 5.74) is 2.26. The summed E-state index contributed by atoms with van der Waals surface area (Å²) in [5.74, 6) is -2.60. The lowest BCUT2D eigenvalue weighted by atomic mass is 9.95. The van der Waals surface area contributed by atoms with Crippen LogP contribution in [-0.2, 0) is 14.3 Å². The van der Waals surface area contributed by atoms with Crippen molar-refractivity contribution in [3.63, 3.8) is 0 Å². The van der Waals surface area contributed by atoms with Crippen LogP contribution in [0.15, 0.2) is 54.1 Å². The molecule has 1 aliphatic heterocycles. The number of carbonyl (C=O) groups is 3. The number of aliphatic hydroxyl groups is 1. The summed E-state index contributed by atoms with van der Waals surface area (Å²) in [6.07, 6.45) is 0. The smallest absolute Gasteiger partial charge is 0.350 e. The molecular weight excluding hydrogens is 464 g/mol. The minimum Gasteiger partial charge on any atom is -0.507 e. The zero-order valence-corrected chi connectivity index (χ0v) is 19.5. The van der Waals surface area contributed by atoms with Crippen LogP contribution in [0.2, 0.25) is 5.02 Å². The molecule has 0 radical (unpaired) electrons. The van der Waals surface area contributed by atoms with Gasteiger partial charge < -0.3 is 9.84 Å². The Morgan fingerprint density at radius 3 is 2.33 bits per heavy atom. The zero-order chi connectivity index (χ0) is 23.9. The summed E-state index contributed by atoms with van der Waals surface area (Å²) in [6, 6.07) is 12.7. The second-order valence-electron chi connectivity index (χ2n) is 7.49. The fourth-order valence-electron chi connectivity index (χ4n) is 3.62. The van der Waals surface area contributed by atoms with Crippen LogP contribution >= 0.6 is 22.9 Å². The Balaban J connectivity index is 1.93. The maximum absolute atomic E-state index is 13.2. The molecule has 168 valence electrons. The van der Waals surface area contributed by atoms with Gasteiger partial charge >= 0.3 is 11.9 Å². The molecule has 3 aromatic rings. The van der Waals surface area contributed by atoms with E-state index in [0.717, 1.165) is 16.9 Å². The number of ether oxygens (including phenoxy) is 1. The molecule has 1 amide bonds. The van der Waals surface area contributed by atoms with E-state index in [1.807, 2.05) is 19.1 Å². The molecule has 33 heavy (non-hydrogen) atoms. The Morgan fingerprint density at radius 2 is 1.73 bits per heavy atom. The molecule has 2 aromatic carbocycles. The minimum absolute atomic E-state index is 0.0707. The summed E-state index contributed by atoms with van der Waals surface area (Å²) >= 11 is 6.91. The van der Waals surface area contributed by atoms with Crippen LogP contribution in [0.3, 0.4) is 0 Å². The Bertz CT molecular complexity index is 1300. The van der Waals surface area contributed by atoms with Crippen LogP contribution in [0, 0.1) is 13.8 Å². The van der Waals surface area contributed by atoms with E-state index in [1.54, 1.807) is 43.3 Å². The predicted octanol–water partition coefficient (Wildman–Crippen LogP) is 4.83. The molecule has 1 fully saturated rings. The third kappa shape index (κ3) is 4.03. The Morgan fingerprint density at radius 1 is 1.09 bits per heavy atom. The lowest BCUT2D eigenvalue weighted by molar-refractivity contribution is -0.132. The largest absolute Gasteiger partial charge is 0.507 e. The molecular formula is C24H19ClN2O5S. The summed E-state index contributed by atoms with van der Waals surface area (Å²) < 4.78 is 4.79. The summed E-state index contributed by atoms with van der Waals surface area (Å²) in [7, 11) is 1.26. The van der Waals surface area contributed by atoms with Gasteiger partial charge in [-0.25, -0.2) is 9.78 Å². The van der Waals surface area contributed by atoms with Crippen molar-refractivity contribution in [2.75, 3.05) is 12.0 Å². The molecule has 1 saturated heterocycles. The maximum atomic E-state index is 13.2. The molecule has 1 aliphatic rings. The number of anilines is 1. The zero-order valence-electron chi connectivity index (χ0n) is 18.0. The number of aryl methyl sites for hydroxylation is 2. The van der Waals surface area contributed by atoms with Gasteiger partial charge in [-0.05, 0) is 43.7 Å². The molecule has 0 spiro atoms. The van der Waals surface area contributed by atoms with E-state index in [2.05, 4.69) is 4.98 Å². The Labute approximate surface area is 198 Å². The van der Waals surface area contributed by atoms with E-state index in [-0.39, 0.29) is 21.3 Å². The van der Waals surface area contributed by atoms with Gasteiger partial charge in [0.2, 0.25) is 0 Å². The first-order valence-electron chi connectivity index (χ1n) is 9.92. The van der Waals surface area contributed by atoms with Crippen molar-refractivity contribution in [2.24, 2.45) is 0 Å². The summed E-state index contributed by atoms with van der Waals surface area (Å²) in [5, 5.41) is 11.7. The number of thiazole rings is 1. The number of aliphatic hydroxyl groups excluding tert-OH is 1. The van der Waals surface area contributed by atoms with Crippen LogP contribution in [0.4, 0.5) is 5.13 Å². The van der Waals surface area contributed by atoms with Crippen molar-refractivity contribution >= 4 is 51.5 Å². The Kier molecular flexibility index (Phi) is 6.05. The van der Waals surface area contributed by atoms with Gasteiger partial charge in [0.1, 0.15) is 10.6 Å². The number of benzene rings is 2. The molecule has 1 atom stereocenters. The first kappa shape index (κ1) is 22.7. The number of ketones is 1. The average molecular weight is 483 g/mol. The van der Waals surface area contributed by atoms with Crippen molar-refractivity contribution < 1.29 is 24.2 Å². The van der Waals surface area contributed by atoms with Crippen molar-refractivity contribution in [1.82, 2.24) is 4.98 Å². The van der Waals surface area contributed by atoms with Gasteiger partial charge in [-0.2, -0.15) is 0 Å². The van der Waals surface area contributed by atoms with Crippen molar-refractivity contribution in [1.29, 1.82) is 0 Å². The van der Waals surface area contributed by atoms with Crippen LogP contribution in [0.25, 0.3) is 5.76 Å². The van der Waals surface area contributed by atoms with Gasteiger partial charge in [0.25, 0.3) is 5.78 Å². The molecule has 1 aromatic heterocycles. The van der Waals surface area contributed by atoms with Gasteiger partial charge in [-0.3, -0.25) is 14.5 Å². The highest BCUT2D eigenvalue weighted by atomic mass is 35.5. The van der Waals surface area contributed by atoms with E-state index >= 15 is 0 Å². The first-order chi connectivity index (χ1) is 15.7. The second kappa shape index (κ2) is 8.80. The number of hydrogen-bond donors (Lipinski definition) is 1. The molecule has 0 saturated carbocycles. The van der Waals surface area contributed by atoms with Crippen LogP contribution in [0.5, 0.6) is 0 Å². The maximum Gasteiger partial charge on any atom is 0.350 e. The molecule has 1 N–H and O–H groups in total. The van der Waals surface area contributed by atoms with Gasteiger partial charge in [0, 0.05) is 10.6 Å². The molecule has 0 aliphatic carbocycles. The highest BCUT2D eigenvalue weighted by Gasteiger charge is 2.48. The number of aromatic nitrogens is 1. The Hall–Kier alpha value is -3.49. The average Bonchev–Trinajstić information content (AvgIpc) is 3.31. The van der Waals surface area contributed by atoms with Crippen LogP contribution in [0.1, 0.15) is 38.1 Å². The molecule has 4 rings (SSSR count). The number of carbonyl (C=O) groups excluding carboxylic acids is 3. The number of hydrogen-bond acceptors (Lipinski definition) is 7. The van der Waals surface area contributed by atoms with E-state index in [4.69, 9.17) is 16.3 Å². The third-order valence-electron chi connectivity index (χ3n) is 5.32. The monoisotopic (exact) mass is 482 g/mol. The van der Waals surface area contributed by atoms with Crippen LogP contribution in [-0.4, -0.2) is 34.9 Å². The van der Waals surface area contributed by atoms with Crippen molar-refractivity contribution in [2.45, 2.75) is 19.9 Å². The predicted molar refractivity (Wildman–Crippen MR) is 126 cm³/mol. The number of nitrogens with zero attached hydrogens (tertiary/aromatic N) is 2. The van der Waals surface area contributed by atoms with E-state index < -0.39 is 23.7 Å². The minimum atomic E-state index is -0.933. The van der Waals surface area contributed by atoms with E-state index in [9.17, 15) is 19.5 Å². The number of halogens is 1. The fourth-order valence-corrected chi connectivity index (χ4v) is 4.76. The lowest BCUT2D eigenvalue weighted by Crippen LogP contribution is -2.29. The summed E-state index contributed by atoms with van der Waals surface area (Å²) in [6.45, 7) is 3.54. The lowest BCUT2D eigenvalue weighted by Gasteiger charge is -2.23. The van der Waals surface area contributed by atoms with E-state index in [1.165, 1.54) is 12.0 Å². The van der Waals surface area contributed by atoms with Crippen LogP contribution < -0.4 is 4.90 Å². The van der Waals surface area contributed by atoms with E-state index in [0.29, 0.717) is 21.8 Å². The van der Waals surface area contributed by atoms with Crippen molar-refractivity contribution in [3.8, 4) is 0 Å². The first-order valence-corrected chi connectivity index (χ1v) is 11.1. The normalized spacial score (nSPS) is 17.5. The molecule has 9 heteroatoms. The number of rotatable bonds is 4. The summed E-state index contributed by atoms with van der Waals surface area (Å²) in [4.78, 5) is 44.2. The third-order valence-corrected chi connectivity index (χ3v) is 6.71. The van der Waals surface area contributed by atoms with Crippen molar-refractivity contribution in [3.05, 3.63) is 86.4 Å². The molecule has 0 unspecified atom stereocenters. The second-order valence-corrected chi connectivity index (χ2v) is 8.90. The molecule has 2 heterocycles. The molecule has 7 nitrogen and oxygen atoms in total. The van der Waals surface area contributed by atoms with Gasteiger partial charge in [0.15, 0.2) is 5.13 Å². The van der Waals surface area contributed by atoms with Gasteiger partial charge in [0.05, 0.1) is 24.4 Å².